The monoisotopic (exact) mass is 324 g/mol. The van der Waals surface area contributed by atoms with E-state index in [1.54, 1.807) is 4.90 Å². The topological polar surface area (TPSA) is 66.9 Å². The molecule has 0 aromatic rings. The molecule has 0 aliphatic carbocycles. The first-order valence-electron chi connectivity index (χ1n) is 6.91. The van der Waals surface area contributed by atoms with E-state index in [0.717, 1.165) is 32.7 Å². The van der Waals surface area contributed by atoms with Crippen molar-refractivity contribution in [3.8, 4) is 0 Å². The van der Waals surface area contributed by atoms with Crippen molar-refractivity contribution in [1.82, 2.24) is 9.80 Å². The predicted molar refractivity (Wildman–Crippen MR) is 76.2 cm³/mol. The molecule has 2 aliphatic heterocycles. The van der Waals surface area contributed by atoms with Crippen LogP contribution in [0.5, 0.6) is 0 Å². The number of nitrogens with zero attached hydrogens (tertiary/aromatic N) is 2. The number of likely N-dealkylation sites (tertiary alicyclic amines) is 1. The Bertz CT molecular complexity index is 450. The Morgan fingerprint density at radius 3 is 2.60 bits per heavy atom. The summed E-state index contributed by atoms with van der Waals surface area (Å²) in [5, 5.41) is -0.754. The summed E-state index contributed by atoms with van der Waals surface area (Å²) in [4.78, 5) is 15.7. The molecule has 2 rings (SSSR count). The van der Waals surface area contributed by atoms with Gasteiger partial charge in [-0.15, -0.1) is 0 Å². The molecule has 2 aliphatic rings. The van der Waals surface area contributed by atoms with Gasteiger partial charge in [0, 0.05) is 49.3 Å². The molecule has 2 unspecified atom stereocenters. The zero-order chi connectivity index (χ0) is 14.8. The van der Waals surface area contributed by atoms with Gasteiger partial charge in [0.1, 0.15) is 5.25 Å². The second kappa shape index (κ2) is 6.60. The van der Waals surface area contributed by atoms with E-state index in [2.05, 4.69) is 11.8 Å². The lowest BCUT2D eigenvalue weighted by Crippen LogP contribution is -2.43. The van der Waals surface area contributed by atoms with E-state index in [4.69, 9.17) is 15.4 Å². The van der Waals surface area contributed by atoms with Crippen LogP contribution >= 0.6 is 10.7 Å². The van der Waals surface area contributed by atoms with Gasteiger partial charge in [-0.3, -0.25) is 9.69 Å². The van der Waals surface area contributed by atoms with Crippen molar-refractivity contribution in [2.24, 2.45) is 0 Å². The average molecular weight is 325 g/mol. The Kier molecular flexibility index (Phi) is 5.28. The van der Waals surface area contributed by atoms with Gasteiger partial charge in [0.15, 0.2) is 0 Å². The first kappa shape index (κ1) is 16.0. The minimum atomic E-state index is -3.64. The maximum absolute atomic E-state index is 11.8. The standard InChI is InChI=1S/C12H21ClN2O4S/c1-10(14-4-6-19-7-5-14)2-3-15-9-11(8-12(15)16)20(13,17)18/h10-11H,2-9H2,1H3. The molecular formula is C12H21ClN2O4S. The van der Waals surface area contributed by atoms with Gasteiger partial charge in [-0.05, 0) is 13.3 Å². The van der Waals surface area contributed by atoms with Gasteiger partial charge in [-0.2, -0.15) is 0 Å². The highest BCUT2D eigenvalue weighted by Gasteiger charge is 2.37. The molecule has 2 saturated heterocycles. The number of hydrogen-bond acceptors (Lipinski definition) is 5. The smallest absolute Gasteiger partial charge is 0.237 e. The highest BCUT2D eigenvalue weighted by molar-refractivity contribution is 8.14. The van der Waals surface area contributed by atoms with Gasteiger partial charge in [0.2, 0.25) is 15.0 Å². The van der Waals surface area contributed by atoms with Gasteiger partial charge >= 0.3 is 0 Å². The fourth-order valence-corrected chi connectivity index (χ4v) is 3.74. The van der Waals surface area contributed by atoms with Crippen LogP contribution < -0.4 is 0 Å². The van der Waals surface area contributed by atoms with Gasteiger partial charge in [-0.1, -0.05) is 0 Å². The Labute approximate surface area is 124 Å². The lowest BCUT2D eigenvalue weighted by atomic mass is 10.2. The van der Waals surface area contributed by atoms with Crippen molar-refractivity contribution in [1.29, 1.82) is 0 Å². The fraction of sp³-hybridized carbons (Fsp3) is 0.917. The number of halogens is 1. The van der Waals surface area contributed by atoms with E-state index in [-0.39, 0.29) is 18.9 Å². The van der Waals surface area contributed by atoms with Crippen molar-refractivity contribution in [2.45, 2.75) is 31.1 Å². The Hall–Kier alpha value is -0.370. The van der Waals surface area contributed by atoms with Crippen LogP contribution in [0.2, 0.25) is 0 Å². The number of rotatable bonds is 5. The molecule has 2 atom stereocenters. The summed E-state index contributed by atoms with van der Waals surface area (Å²) in [7, 11) is 1.68. The summed E-state index contributed by atoms with van der Waals surface area (Å²) in [5.74, 6) is -0.117. The lowest BCUT2D eigenvalue weighted by molar-refractivity contribution is -0.127. The SMILES string of the molecule is CC(CCN1CC(S(=O)(=O)Cl)CC1=O)N1CCOCC1. The Balaban J connectivity index is 1.80. The summed E-state index contributed by atoms with van der Waals surface area (Å²) >= 11 is 0. The summed E-state index contributed by atoms with van der Waals surface area (Å²) < 4.78 is 27.9. The third-order valence-corrected chi connectivity index (χ3v) is 5.93. The van der Waals surface area contributed by atoms with E-state index < -0.39 is 14.3 Å². The normalized spacial score (nSPS) is 27.0. The molecule has 0 bridgehead atoms. The van der Waals surface area contributed by atoms with Gasteiger partial charge in [-0.25, -0.2) is 8.42 Å². The van der Waals surface area contributed by atoms with Crippen molar-refractivity contribution in [3.63, 3.8) is 0 Å². The maximum atomic E-state index is 11.8. The van der Waals surface area contributed by atoms with Crippen LogP contribution in [0.1, 0.15) is 19.8 Å². The second-order valence-corrected chi connectivity index (χ2v) is 8.34. The fourth-order valence-electron chi connectivity index (χ4n) is 2.68. The molecule has 2 heterocycles. The van der Waals surface area contributed by atoms with Crippen LogP contribution in [0, 0.1) is 0 Å². The number of morpholine rings is 1. The van der Waals surface area contributed by atoms with Gasteiger partial charge in [0.05, 0.1) is 13.2 Å². The van der Waals surface area contributed by atoms with Crippen LogP contribution in [-0.4, -0.2) is 74.8 Å². The number of amides is 1. The summed E-state index contributed by atoms with van der Waals surface area (Å²) in [6.07, 6.45) is 0.846. The molecular weight excluding hydrogens is 304 g/mol. The first-order chi connectivity index (χ1) is 9.38. The molecule has 116 valence electrons. The number of hydrogen-bond donors (Lipinski definition) is 0. The molecule has 0 spiro atoms. The molecule has 1 amide bonds. The van der Waals surface area contributed by atoms with Crippen molar-refractivity contribution < 1.29 is 17.9 Å². The third kappa shape index (κ3) is 4.07. The van der Waals surface area contributed by atoms with Gasteiger partial charge in [0.25, 0.3) is 0 Å². The van der Waals surface area contributed by atoms with Crippen molar-refractivity contribution >= 4 is 25.6 Å². The van der Waals surface area contributed by atoms with Crippen molar-refractivity contribution in [2.75, 3.05) is 39.4 Å². The highest BCUT2D eigenvalue weighted by atomic mass is 35.7. The average Bonchev–Trinajstić information content (AvgIpc) is 2.78. The zero-order valence-corrected chi connectivity index (χ0v) is 13.2. The van der Waals surface area contributed by atoms with E-state index in [9.17, 15) is 13.2 Å². The summed E-state index contributed by atoms with van der Waals surface area (Å²) in [6.45, 7) is 6.25. The van der Waals surface area contributed by atoms with E-state index >= 15 is 0 Å². The maximum Gasteiger partial charge on any atom is 0.237 e. The number of carbonyl (C=O) groups excluding carboxylic acids is 1. The molecule has 0 N–H and O–H groups in total. The van der Waals surface area contributed by atoms with Crippen LogP contribution in [0.4, 0.5) is 0 Å². The zero-order valence-electron chi connectivity index (χ0n) is 11.6. The molecule has 6 nitrogen and oxygen atoms in total. The molecule has 2 fully saturated rings. The Morgan fingerprint density at radius 2 is 2.05 bits per heavy atom. The minimum absolute atomic E-state index is 0.0117. The van der Waals surface area contributed by atoms with Crippen LogP contribution in [0.25, 0.3) is 0 Å². The first-order valence-corrected chi connectivity index (χ1v) is 9.28. The van der Waals surface area contributed by atoms with Crippen LogP contribution in [0.3, 0.4) is 0 Å². The van der Waals surface area contributed by atoms with Crippen molar-refractivity contribution in [3.05, 3.63) is 0 Å². The quantitative estimate of drug-likeness (QED) is 0.679. The molecule has 8 heteroatoms. The molecule has 0 radical (unpaired) electrons. The minimum Gasteiger partial charge on any atom is -0.379 e. The molecule has 0 aromatic heterocycles. The number of ether oxygens (including phenoxy) is 1. The largest absolute Gasteiger partial charge is 0.379 e. The van der Waals surface area contributed by atoms with E-state index in [0.29, 0.717) is 12.6 Å². The molecule has 20 heavy (non-hydrogen) atoms. The molecule has 0 saturated carbocycles. The molecule has 0 aromatic carbocycles. The van der Waals surface area contributed by atoms with Crippen LogP contribution in [0.15, 0.2) is 0 Å². The van der Waals surface area contributed by atoms with Crippen LogP contribution in [-0.2, 0) is 18.6 Å². The summed E-state index contributed by atoms with van der Waals surface area (Å²) in [5.41, 5.74) is 0. The second-order valence-electron chi connectivity index (χ2n) is 5.43. The highest BCUT2D eigenvalue weighted by Crippen LogP contribution is 2.22. The van der Waals surface area contributed by atoms with E-state index in [1.807, 2.05) is 0 Å². The lowest BCUT2D eigenvalue weighted by Gasteiger charge is -2.33. The van der Waals surface area contributed by atoms with Gasteiger partial charge < -0.3 is 9.64 Å². The Morgan fingerprint density at radius 1 is 1.40 bits per heavy atom. The summed E-state index contributed by atoms with van der Waals surface area (Å²) in [6, 6.07) is 0.360. The van der Waals surface area contributed by atoms with E-state index in [1.165, 1.54) is 0 Å². The number of carbonyl (C=O) groups is 1. The predicted octanol–water partition coefficient (Wildman–Crippen LogP) is 0.267. The third-order valence-electron chi connectivity index (χ3n) is 4.06.